The fourth-order valence-electron chi connectivity index (χ4n) is 4.71. The molecule has 2 aliphatic carbocycles. The number of aromatic nitrogens is 2. The zero-order chi connectivity index (χ0) is 26.5. The molecule has 5 rings (SSSR count). The highest BCUT2D eigenvalue weighted by molar-refractivity contribution is 8.26. The number of hydrogen-bond donors (Lipinski definition) is 3. The molecule has 2 saturated carbocycles. The van der Waals surface area contributed by atoms with Gasteiger partial charge in [-0.3, -0.25) is 24.7 Å². The molecule has 11 heteroatoms. The Balaban J connectivity index is 1.47. The molecule has 1 aliphatic heterocycles. The van der Waals surface area contributed by atoms with Crippen LogP contribution in [0.4, 0.5) is 0 Å². The van der Waals surface area contributed by atoms with Gasteiger partial charge in [-0.05, 0) is 74.9 Å². The molecule has 37 heavy (non-hydrogen) atoms. The number of thioether (sulfide) groups is 1. The van der Waals surface area contributed by atoms with Crippen LogP contribution < -0.4 is 4.72 Å². The topological polar surface area (TPSA) is 121 Å². The lowest BCUT2D eigenvalue weighted by atomic mass is 9.89. The van der Waals surface area contributed by atoms with Crippen molar-refractivity contribution in [1.82, 2.24) is 19.0 Å². The van der Waals surface area contributed by atoms with Gasteiger partial charge in [-0.1, -0.05) is 37.2 Å². The lowest BCUT2D eigenvalue weighted by Crippen LogP contribution is -2.40. The van der Waals surface area contributed by atoms with Crippen molar-refractivity contribution in [3.8, 4) is 6.07 Å². The second kappa shape index (κ2) is 9.92. The molecule has 0 bridgehead atoms. The molecule has 1 amide bonds. The van der Waals surface area contributed by atoms with Crippen LogP contribution >= 0.6 is 35.3 Å². The number of halogens is 1. The van der Waals surface area contributed by atoms with Crippen molar-refractivity contribution in [2.24, 2.45) is 11.3 Å². The molecule has 2 aromatic heterocycles. The quantitative estimate of drug-likeness (QED) is 0.223. The Hall–Kier alpha value is -2.06. The number of pyridine rings is 1. The van der Waals surface area contributed by atoms with Crippen LogP contribution in [0, 0.1) is 33.5 Å². The third kappa shape index (κ3) is 5.29. The summed E-state index contributed by atoms with van der Waals surface area (Å²) in [7, 11) is 0. The molecule has 3 aliphatic rings. The van der Waals surface area contributed by atoms with Gasteiger partial charge in [-0.25, -0.2) is 4.98 Å². The summed E-state index contributed by atoms with van der Waals surface area (Å²) < 4.78 is 5.46. The van der Waals surface area contributed by atoms with Crippen molar-refractivity contribution in [3.63, 3.8) is 0 Å². The molecule has 0 radical (unpaired) electrons. The van der Waals surface area contributed by atoms with Gasteiger partial charge in [-0.15, -0.1) is 0 Å². The molecule has 3 fully saturated rings. The van der Waals surface area contributed by atoms with E-state index in [0.717, 1.165) is 53.4 Å². The lowest BCUT2D eigenvalue weighted by Gasteiger charge is -2.33. The third-order valence-corrected chi connectivity index (χ3v) is 9.96. The molecule has 3 N–H and O–H groups in total. The van der Waals surface area contributed by atoms with Crippen LogP contribution in [-0.2, 0) is 4.79 Å². The molecule has 0 unspecified atom stereocenters. The first-order valence-electron chi connectivity index (χ1n) is 12.8. The van der Waals surface area contributed by atoms with Gasteiger partial charge in [0.05, 0.1) is 16.6 Å². The van der Waals surface area contributed by atoms with Crippen molar-refractivity contribution in [1.29, 1.82) is 16.1 Å². The van der Waals surface area contributed by atoms with Gasteiger partial charge in [0.1, 0.15) is 10.5 Å². The zero-order valence-electron chi connectivity index (χ0n) is 21.4. The summed E-state index contributed by atoms with van der Waals surface area (Å²) in [6, 6.07) is 4.41. The van der Waals surface area contributed by atoms with Gasteiger partial charge >= 0.3 is 0 Å². The van der Waals surface area contributed by atoms with E-state index in [9.17, 15) is 10.1 Å². The molecule has 2 aromatic rings. The van der Waals surface area contributed by atoms with E-state index in [0.29, 0.717) is 36.9 Å². The number of carbonyl (C=O) groups excluding carboxylic acids is 1. The summed E-state index contributed by atoms with van der Waals surface area (Å²) in [4.78, 5) is 20.1. The van der Waals surface area contributed by atoms with Gasteiger partial charge in [-0.2, -0.15) is 5.26 Å². The average Bonchev–Trinajstić information content (AvgIpc) is 3.81. The largest absolute Gasteiger partial charge is 0.342 e. The standard InChI is InChI=1S/C26H32ClN7OS2/c1-15(2)23(35)33-10-4-16(5-11-33)18-12-17(37-32-25(3)6-7-25)13-34-19(18)20(27)31-22(34)21(29)36-24(30)26(14-28)8-9-26/h12-13,15-16,29-30,32H,4-11H2,1-3H3. The molecule has 1 saturated heterocycles. The molecule has 8 nitrogen and oxygen atoms in total. The average molecular weight is 558 g/mol. The van der Waals surface area contributed by atoms with Crippen molar-refractivity contribution >= 4 is 56.8 Å². The SMILES string of the molecule is CC(C)C(=O)N1CCC(c2cc(SNC3(C)CC3)cn3c(C(=N)SC(=N)C4(C#N)CC4)nc(Cl)c23)CC1. The summed E-state index contributed by atoms with van der Waals surface area (Å²) in [5.74, 6) is 0.782. The summed E-state index contributed by atoms with van der Waals surface area (Å²) in [5.41, 5.74) is 1.26. The summed E-state index contributed by atoms with van der Waals surface area (Å²) >= 11 is 9.29. The maximum atomic E-state index is 12.5. The first kappa shape index (κ1) is 26.5. The Kier molecular flexibility index (Phi) is 7.11. The molecule has 196 valence electrons. The number of amides is 1. The normalized spacial score (nSPS) is 20.2. The number of nitriles is 1. The minimum absolute atomic E-state index is 0.0114. The molecule has 3 heterocycles. The Morgan fingerprint density at radius 3 is 2.51 bits per heavy atom. The number of rotatable bonds is 7. The third-order valence-electron chi connectivity index (χ3n) is 7.66. The number of imidazole rings is 1. The Labute approximate surface area is 231 Å². The molecule has 0 aromatic carbocycles. The van der Waals surface area contributed by atoms with Crippen LogP contribution in [0.2, 0.25) is 5.15 Å². The predicted molar refractivity (Wildman–Crippen MR) is 150 cm³/mol. The van der Waals surface area contributed by atoms with E-state index in [1.807, 2.05) is 29.3 Å². The first-order chi connectivity index (χ1) is 17.6. The second-order valence-electron chi connectivity index (χ2n) is 11.0. The highest BCUT2D eigenvalue weighted by Gasteiger charge is 2.48. The fourth-order valence-corrected chi connectivity index (χ4v) is 6.79. The molecule has 0 atom stereocenters. The van der Waals surface area contributed by atoms with Crippen LogP contribution in [0.1, 0.15) is 76.6 Å². The van der Waals surface area contributed by atoms with E-state index in [4.69, 9.17) is 22.4 Å². The van der Waals surface area contributed by atoms with Crippen LogP contribution in [-0.4, -0.2) is 48.9 Å². The lowest BCUT2D eigenvalue weighted by molar-refractivity contribution is -0.135. The minimum Gasteiger partial charge on any atom is -0.342 e. The van der Waals surface area contributed by atoms with E-state index in [1.165, 1.54) is 0 Å². The molecular weight excluding hydrogens is 526 g/mol. The van der Waals surface area contributed by atoms with Gasteiger partial charge < -0.3 is 4.90 Å². The first-order valence-corrected chi connectivity index (χ1v) is 14.8. The second-order valence-corrected chi connectivity index (χ2v) is 13.3. The van der Waals surface area contributed by atoms with Crippen molar-refractivity contribution < 1.29 is 4.79 Å². The summed E-state index contributed by atoms with van der Waals surface area (Å²) in [6.07, 6.45) is 7.26. The van der Waals surface area contributed by atoms with Gasteiger partial charge in [0, 0.05) is 35.6 Å². The number of likely N-dealkylation sites (tertiary alicyclic amines) is 1. The number of carbonyl (C=O) groups is 1. The van der Waals surface area contributed by atoms with Crippen molar-refractivity contribution in [3.05, 3.63) is 28.8 Å². The van der Waals surface area contributed by atoms with Crippen LogP contribution in [0.15, 0.2) is 17.2 Å². The summed E-state index contributed by atoms with van der Waals surface area (Å²) in [6.45, 7) is 7.50. The van der Waals surface area contributed by atoms with Crippen LogP contribution in [0.3, 0.4) is 0 Å². The molecular formula is C26H32ClN7OS2. The monoisotopic (exact) mass is 557 g/mol. The van der Waals surface area contributed by atoms with Crippen LogP contribution in [0.25, 0.3) is 5.52 Å². The Morgan fingerprint density at radius 1 is 1.27 bits per heavy atom. The highest BCUT2D eigenvalue weighted by Crippen LogP contribution is 2.49. The van der Waals surface area contributed by atoms with E-state index >= 15 is 0 Å². The van der Waals surface area contributed by atoms with Gasteiger partial charge in [0.2, 0.25) is 5.91 Å². The maximum Gasteiger partial charge on any atom is 0.225 e. The Bertz CT molecular complexity index is 1310. The predicted octanol–water partition coefficient (Wildman–Crippen LogP) is 5.84. The zero-order valence-corrected chi connectivity index (χ0v) is 23.7. The van der Waals surface area contributed by atoms with E-state index < -0.39 is 5.41 Å². The van der Waals surface area contributed by atoms with Gasteiger partial charge in [0.25, 0.3) is 0 Å². The number of nitrogens with zero attached hydrogens (tertiary/aromatic N) is 4. The number of fused-ring (bicyclic) bond motifs is 1. The van der Waals surface area contributed by atoms with E-state index in [1.54, 1.807) is 11.9 Å². The smallest absolute Gasteiger partial charge is 0.225 e. The van der Waals surface area contributed by atoms with E-state index in [-0.39, 0.29) is 33.4 Å². The minimum atomic E-state index is -0.745. The van der Waals surface area contributed by atoms with E-state index in [2.05, 4.69) is 28.8 Å². The maximum absolute atomic E-state index is 12.5. The molecule has 0 spiro atoms. The van der Waals surface area contributed by atoms with Crippen LogP contribution in [0.5, 0.6) is 0 Å². The number of piperidine rings is 1. The van der Waals surface area contributed by atoms with Gasteiger partial charge in [0.15, 0.2) is 11.0 Å². The number of hydrogen-bond acceptors (Lipinski definition) is 8. The highest BCUT2D eigenvalue weighted by atomic mass is 35.5. The number of nitrogens with one attached hydrogen (secondary N) is 3. The van der Waals surface area contributed by atoms with Crippen molar-refractivity contribution in [2.45, 2.75) is 75.6 Å². The van der Waals surface area contributed by atoms with Crippen molar-refractivity contribution in [2.75, 3.05) is 13.1 Å². The Morgan fingerprint density at radius 2 is 1.95 bits per heavy atom. The summed E-state index contributed by atoms with van der Waals surface area (Å²) in [5, 5.41) is 27.3. The fraction of sp³-hybridized carbons (Fsp3) is 0.577.